The average molecular weight is 174 g/mol. The van der Waals surface area contributed by atoms with Crippen LogP contribution in [0.15, 0.2) is 35.9 Å². The van der Waals surface area contributed by atoms with E-state index < -0.39 is 0 Å². The molecule has 66 valence electrons. The van der Waals surface area contributed by atoms with Gasteiger partial charge in [-0.25, -0.2) is 4.79 Å². The highest BCUT2D eigenvalue weighted by Crippen LogP contribution is 2.05. The first-order chi connectivity index (χ1) is 6.24. The monoisotopic (exact) mass is 174 g/mol. The molecule has 0 saturated carbocycles. The maximum absolute atomic E-state index is 10.9. The van der Waals surface area contributed by atoms with Crippen LogP contribution in [0, 0.1) is 0 Å². The number of Topliss-reactive ketones (excluding diaryl/α,β-unsaturated/α-hetero) is 1. The molecule has 0 radical (unpaired) electrons. The highest BCUT2D eigenvalue weighted by atomic mass is 16.1. The van der Waals surface area contributed by atoms with E-state index in [2.05, 4.69) is 0 Å². The molecule has 0 aromatic heterocycles. The van der Waals surface area contributed by atoms with Gasteiger partial charge in [-0.3, -0.25) is 4.79 Å². The number of carbonyl (C=O) groups excluding carboxylic acids is 2. The predicted octanol–water partition coefficient (Wildman–Crippen LogP) is 1.58. The van der Waals surface area contributed by atoms with E-state index in [1.165, 1.54) is 6.92 Å². The van der Waals surface area contributed by atoms with Crippen molar-refractivity contribution in [1.29, 1.82) is 0 Å². The zero-order chi connectivity index (χ0) is 9.68. The first-order valence-corrected chi connectivity index (χ1v) is 4.03. The molecule has 0 spiro atoms. The summed E-state index contributed by atoms with van der Waals surface area (Å²) in [5.74, 6) is 1.46. The van der Waals surface area contributed by atoms with E-state index in [0.717, 1.165) is 5.56 Å². The lowest BCUT2D eigenvalue weighted by atomic mass is 10.0. The molecule has 0 fully saturated rings. The van der Waals surface area contributed by atoms with Gasteiger partial charge in [0.05, 0.1) is 5.57 Å². The van der Waals surface area contributed by atoms with Crippen molar-refractivity contribution in [3.8, 4) is 0 Å². The topological polar surface area (TPSA) is 34.1 Å². The Bertz CT molecular complexity index is 346. The van der Waals surface area contributed by atoms with Crippen LogP contribution in [0.3, 0.4) is 0 Å². The second kappa shape index (κ2) is 4.39. The van der Waals surface area contributed by atoms with Crippen LogP contribution in [0.5, 0.6) is 0 Å². The van der Waals surface area contributed by atoms with Crippen molar-refractivity contribution in [3.63, 3.8) is 0 Å². The molecule has 1 aromatic rings. The highest BCUT2D eigenvalue weighted by Gasteiger charge is 2.05. The Kier molecular flexibility index (Phi) is 3.18. The van der Waals surface area contributed by atoms with Crippen LogP contribution in [0.4, 0.5) is 0 Å². The molecule has 0 N–H and O–H groups in total. The molecule has 0 unspecified atom stereocenters. The molecule has 2 heteroatoms. The van der Waals surface area contributed by atoms with Crippen LogP contribution < -0.4 is 0 Å². The predicted molar refractivity (Wildman–Crippen MR) is 50.0 cm³/mol. The molecule has 0 bridgehead atoms. The molecule has 0 atom stereocenters. The summed E-state index contributed by atoms with van der Waals surface area (Å²) in [6.45, 7) is 1.38. The normalized spacial score (nSPS) is 9.00. The summed E-state index contributed by atoms with van der Waals surface area (Å²) < 4.78 is 0. The second-order valence-electron chi connectivity index (χ2n) is 2.80. The molecule has 13 heavy (non-hydrogen) atoms. The zero-order valence-corrected chi connectivity index (χ0v) is 7.41. The van der Waals surface area contributed by atoms with Crippen molar-refractivity contribution in [2.45, 2.75) is 13.3 Å². The molecule has 0 aliphatic rings. The van der Waals surface area contributed by atoms with Crippen LogP contribution in [-0.4, -0.2) is 11.7 Å². The lowest BCUT2D eigenvalue weighted by Crippen LogP contribution is -2.01. The fraction of sp³-hybridized carbons (Fsp3) is 0.182. The van der Waals surface area contributed by atoms with Crippen molar-refractivity contribution in [2.24, 2.45) is 0 Å². The molecule has 0 aliphatic heterocycles. The van der Waals surface area contributed by atoms with E-state index in [-0.39, 0.29) is 11.4 Å². The highest BCUT2D eigenvalue weighted by molar-refractivity contribution is 6.00. The Labute approximate surface area is 76.9 Å². The third kappa shape index (κ3) is 2.69. The second-order valence-corrected chi connectivity index (χ2v) is 2.80. The number of hydrogen-bond acceptors (Lipinski definition) is 2. The lowest BCUT2D eigenvalue weighted by Gasteiger charge is -1.98. The van der Waals surface area contributed by atoms with E-state index in [0.29, 0.717) is 6.42 Å². The maximum Gasteiger partial charge on any atom is 0.167 e. The molecule has 0 amide bonds. The van der Waals surface area contributed by atoms with Crippen LogP contribution in [0.25, 0.3) is 0 Å². The minimum atomic E-state index is -0.209. The van der Waals surface area contributed by atoms with Crippen LogP contribution in [-0.2, 0) is 16.0 Å². The van der Waals surface area contributed by atoms with Gasteiger partial charge in [0.2, 0.25) is 0 Å². The molecule has 2 nitrogen and oxygen atoms in total. The van der Waals surface area contributed by atoms with Gasteiger partial charge in [-0.15, -0.1) is 0 Å². The third-order valence-electron chi connectivity index (χ3n) is 1.77. The maximum atomic E-state index is 10.9. The van der Waals surface area contributed by atoms with Crippen LogP contribution >= 0.6 is 0 Å². The molecule has 0 aliphatic carbocycles. The number of benzene rings is 1. The Morgan fingerprint density at radius 2 is 1.92 bits per heavy atom. The number of rotatable bonds is 3. The van der Waals surface area contributed by atoms with Gasteiger partial charge in [0.1, 0.15) is 5.94 Å². The van der Waals surface area contributed by atoms with Crippen LogP contribution in [0.2, 0.25) is 0 Å². The minimum absolute atomic E-state index is 0.200. The third-order valence-corrected chi connectivity index (χ3v) is 1.77. The van der Waals surface area contributed by atoms with Crippen molar-refractivity contribution < 1.29 is 9.59 Å². The van der Waals surface area contributed by atoms with E-state index >= 15 is 0 Å². The van der Waals surface area contributed by atoms with Crippen LogP contribution in [0.1, 0.15) is 12.5 Å². The summed E-state index contributed by atoms with van der Waals surface area (Å²) in [4.78, 5) is 21.2. The van der Waals surface area contributed by atoms with Gasteiger partial charge in [0.25, 0.3) is 0 Å². The Hall–Kier alpha value is -1.66. The first-order valence-electron chi connectivity index (χ1n) is 4.03. The van der Waals surface area contributed by atoms with Gasteiger partial charge in [0, 0.05) is 6.42 Å². The summed E-state index contributed by atoms with van der Waals surface area (Å²) >= 11 is 0. The molecule has 0 heterocycles. The van der Waals surface area contributed by atoms with Gasteiger partial charge in [-0.05, 0) is 12.5 Å². The van der Waals surface area contributed by atoms with Crippen molar-refractivity contribution in [1.82, 2.24) is 0 Å². The fourth-order valence-electron chi connectivity index (χ4n) is 1.03. The van der Waals surface area contributed by atoms with Gasteiger partial charge in [0.15, 0.2) is 5.78 Å². The number of ketones is 1. The van der Waals surface area contributed by atoms with Crippen molar-refractivity contribution >= 4 is 11.7 Å². The molecule has 1 rings (SSSR count). The van der Waals surface area contributed by atoms with E-state index in [9.17, 15) is 9.59 Å². The van der Waals surface area contributed by atoms with Gasteiger partial charge >= 0.3 is 0 Å². The zero-order valence-electron chi connectivity index (χ0n) is 7.41. The van der Waals surface area contributed by atoms with E-state index in [4.69, 9.17) is 0 Å². The standard InChI is InChI=1S/C11H10O2/c1-9(13)11(8-12)7-10-5-3-2-4-6-10/h2-6H,7H2,1H3. The quantitative estimate of drug-likeness (QED) is 0.515. The summed E-state index contributed by atoms with van der Waals surface area (Å²) in [5.41, 5.74) is 1.15. The molecule has 0 saturated heterocycles. The summed E-state index contributed by atoms with van der Waals surface area (Å²) in [5, 5.41) is 0. The molecular formula is C11H10O2. The number of carbonyl (C=O) groups is 1. The summed E-state index contributed by atoms with van der Waals surface area (Å²) in [7, 11) is 0. The van der Waals surface area contributed by atoms with Gasteiger partial charge in [-0.1, -0.05) is 30.3 Å². The summed E-state index contributed by atoms with van der Waals surface area (Å²) in [6.07, 6.45) is 0.375. The van der Waals surface area contributed by atoms with E-state index in [1.54, 1.807) is 5.94 Å². The fourth-order valence-corrected chi connectivity index (χ4v) is 1.03. The Morgan fingerprint density at radius 3 is 2.38 bits per heavy atom. The SMILES string of the molecule is CC(=O)C(=C=O)Cc1ccccc1. The van der Waals surface area contributed by atoms with E-state index in [1.807, 2.05) is 30.3 Å². The summed E-state index contributed by atoms with van der Waals surface area (Å²) in [6, 6.07) is 9.39. The van der Waals surface area contributed by atoms with Gasteiger partial charge < -0.3 is 0 Å². The number of allylic oxidation sites excluding steroid dienone is 1. The van der Waals surface area contributed by atoms with Gasteiger partial charge in [-0.2, -0.15) is 0 Å². The molecule has 1 aromatic carbocycles. The minimum Gasteiger partial charge on any atom is -0.294 e. The Morgan fingerprint density at radius 1 is 1.31 bits per heavy atom. The van der Waals surface area contributed by atoms with Crippen molar-refractivity contribution in [3.05, 3.63) is 41.5 Å². The van der Waals surface area contributed by atoms with Crippen molar-refractivity contribution in [2.75, 3.05) is 0 Å². The smallest absolute Gasteiger partial charge is 0.167 e. The first kappa shape index (κ1) is 9.43. The Balaban J connectivity index is 2.80. The lowest BCUT2D eigenvalue weighted by molar-refractivity contribution is -0.113. The average Bonchev–Trinajstić information content (AvgIpc) is 2.15. The largest absolute Gasteiger partial charge is 0.294 e. The molecular weight excluding hydrogens is 164 g/mol. The number of hydrogen-bond donors (Lipinski definition) is 0.